The van der Waals surface area contributed by atoms with E-state index in [1.165, 1.54) is 19.2 Å². The molecule has 0 bridgehead atoms. The average Bonchev–Trinajstić information content (AvgIpc) is 3.29. The fraction of sp³-hybridized carbons (Fsp3) is 0.357. The van der Waals surface area contributed by atoms with Gasteiger partial charge >= 0.3 is 0 Å². The zero-order valence-corrected chi connectivity index (χ0v) is 23.2. The van der Waals surface area contributed by atoms with Crippen LogP contribution in [0.2, 0.25) is 5.02 Å². The van der Waals surface area contributed by atoms with E-state index >= 15 is 0 Å². The summed E-state index contributed by atoms with van der Waals surface area (Å²) in [4.78, 5) is 54.8. The van der Waals surface area contributed by atoms with Gasteiger partial charge in [-0.2, -0.15) is 0 Å². The van der Waals surface area contributed by atoms with Gasteiger partial charge in [0.05, 0.1) is 41.0 Å². The third-order valence-electron chi connectivity index (χ3n) is 8.88. The Morgan fingerprint density at radius 1 is 1.15 bits per heavy atom. The predicted molar refractivity (Wildman–Crippen MR) is 142 cm³/mol. The molecule has 39 heavy (non-hydrogen) atoms. The molecule has 6 rings (SSSR count). The number of anilines is 1. The summed E-state index contributed by atoms with van der Waals surface area (Å²) in [7, 11) is 1.41. The maximum Gasteiger partial charge on any atom is 0.241 e. The second-order valence-corrected chi connectivity index (χ2v) is 12.0. The number of ether oxygens (including phenoxy) is 1. The molecule has 3 fully saturated rings. The van der Waals surface area contributed by atoms with Gasteiger partial charge in [0, 0.05) is 16.0 Å². The first-order valence-electron chi connectivity index (χ1n) is 12.4. The molecule has 202 valence electrons. The number of allylic oxidation sites excluding steroid dienone is 2. The van der Waals surface area contributed by atoms with Gasteiger partial charge < -0.3 is 9.84 Å². The van der Waals surface area contributed by atoms with Gasteiger partial charge in [-0.15, -0.1) is 0 Å². The summed E-state index contributed by atoms with van der Waals surface area (Å²) >= 11 is 9.45. The number of carbonyl (C=O) groups excluding carboxylic acids is 4. The summed E-state index contributed by atoms with van der Waals surface area (Å²) in [5, 5.41) is 13.5. The highest BCUT2D eigenvalue weighted by Crippen LogP contribution is 2.64. The van der Waals surface area contributed by atoms with E-state index in [4.69, 9.17) is 16.3 Å². The van der Waals surface area contributed by atoms with Gasteiger partial charge in [0.2, 0.25) is 23.6 Å². The first kappa shape index (κ1) is 26.0. The summed E-state index contributed by atoms with van der Waals surface area (Å²) in [6.07, 6.45) is 2.32. The lowest BCUT2D eigenvalue weighted by Gasteiger charge is -2.49. The van der Waals surface area contributed by atoms with E-state index in [2.05, 4.69) is 21.2 Å². The van der Waals surface area contributed by atoms with E-state index in [0.29, 0.717) is 10.0 Å². The van der Waals surface area contributed by atoms with Crippen molar-refractivity contribution >= 4 is 56.8 Å². The fourth-order valence-electron chi connectivity index (χ4n) is 7.11. The number of hydrogen-bond acceptors (Lipinski definition) is 6. The SMILES string of the molecule is COc1cc(Br)cc(C2C3=CCC4C(=O)NC(=O)C4C3CC3C(=O)N(c4ccc(F)c(Cl)c4)C(=O)C32C)c1O. The molecular weight excluding hydrogens is 595 g/mol. The number of phenolic OH excluding ortho intramolecular Hbond substituents is 1. The summed E-state index contributed by atoms with van der Waals surface area (Å²) in [5.74, 6) is -6.01. The highest BCUT2D eigenvalue weighted by Gasteiger charge is 2.67. The van der Waals surface area contributed by atoms with E-state index in [1.807, 2.05) is 6.08 Å². The minimum atomic E-state index is -1.38. The zero-order chi connectivity index (χ0) is 28.0. The summed E-state index contributed by atoms with van der Waals surface area (Å²) in [5.41, 5.74) is -0.177. The van der Waals surface area contributed by atoms with Crippen molar-refractivity contribution < 1.29 is 33.4 Å². The summed E-state index contributed by atoms with van der Waals surface area (Å²) in [6.45, 7) is 1.68. The average molecular weight is 618 g/mol. The Bertz CT molecular complexity index is 1530. The minimum Gasteiger partial charge on any atom is -0.504 e. The van der Waals surface area contributed by atoms with E-state index in [9.17, 15) is 28.7 Å². The van der Waals surface area contributed by atoms with Crippen molar-refractivity contribution in [1.82, 2.24) is 5.32 Å². The topological polar surface area (TPSA) is 113 Å². The largest absolute Gasteiger partial charge is 0.504 e. The Balaban J connectivity index is 1.58. The van der Waals surface area contributed by atoms with Crippen molar-refractivity contribution in [3.63, 3.8) is 0 Å². The van der Waals surface area contributed by atoms with Crippen LogP contribution < -0.4 is 15.0 Å². The molecule has 0 aromatic heterocycles. The number of nitrogens with one attached hydrogen (secondary N) is 1. The third-order valence-corrected chi connectivity index (χ3v) is 9.63. The van der Waals surface area contributed by atoms with Crippen LogP contribution in [0.4, 0.5) is 10.1 Å². The van der Waals surface area contributed by atoms with Crippen molar-refractivity contribution in [2.75, 3.05) is 12.0 Å². The Labute approximate surface area is 236 Å². The van der Waals surface area contributed by atoms with Gasteiger partial charge in [0.25, 0.3) is 0 Å². The van der Waals surface area contributed by atoms with Gasteiger partial charge in [-0.05, 0) is 56.0 Å². The van der Waals surface area contributed by atoms with Crippen LogP contribution in [0, 0.1) is 34.9 Å². The van der Waals surface area contributed by atoms with E-state index in [1.54, 1.807) is 19.1 Å². The number of amides is 4. The molecule has 11 heteroatoms. The Kier molecular flexibility index (Phi) is 5.93. The number of imide groups is 2. The zero-order valence-electron chi connectivity index (χ0n) is 20.8. The molecule has 2 aliphatic heterocycles. The molecule has 1 saturated carbocycles. The number of benzene rings is 2. The Morgan fingerprint density at radius 2 is 1.90 bits per heavy atom. The number of rotatable bonds is 3. The summed E-state index contributed by atoms with van der Waals surface area (Å²) < 4.78 is 19.9. The Morgan fingerprint density at radius 3 is 2.59 bits per heavy atom. The monoisotopic (exact) mass is 616 g/mol. The molecule has 8 nitrogen and oxygen atoms in total. The molecule has 6 atom stereocenters. The smallest absolute Gasteiger partial charge is 0.241 e. The maximum absolute atomic E-state index is 14.3. The van der Waals surface area contributed by atoms with Crippen LogP contribution in [-0.4, -0.2) is 35.8 Å². The lowest BCUT2D eigenvalue weighted by Crippen LogP contribution is -2.48. The van der Waals surface area contributed by atoms with Gasteiger partial charge in [-0.25, -0.2) is 9.29 Å². The predicted octanol–water partition coefficient (Wildman–Crippen LogP) is 4.47. The van der Waals surface area contributed by atoms with E-state index < -0.39 is 58.5 Å². The normalized spacial score (nSPS) is 31.5. The fourth-order valence-corrected chi connectivity index (χ4v) is 7.74. The number of phenols is 1. The molecular formula is C28H23BrClFN2O6. The van der Waals surface area contributed by atoms with Crippen molar-refractivity contribution in [1.29, 1.82) is 0 Å². The van der Waals surface area contributed by atoms with Crippen LogP contribution >= 0.6 is 27.5 Å². The van der Waals surface area contributed by atoms with Crippen molar-refractivity contribution in [2.24, 2.45) is 29.1 Å². The Hall–Kier alpha value is -3.24. The van der Waals surface area contributed by atoms with Gasteiger partial charge in [0.15, 0.2) is 11.5 Å². The summed E-state index contributed by atoms with van der Waals surface area (Å²) in [6, 6.07) is 6.90. The molecule has 4 aliphatic rings. The number of halogens is 3. The molecule has 0 radical (unpaired) electrons. The molecule has 0 spiro atoms. The second-order valence-electron chi connectivity index (χ2n) is 10.7. The molecule has 2 heterocycles. The highest BCUT2D eigenvalue weighted by molar-refractivity contribution is 9.10. The molecule has 2 aromatic rings. The third kappa shape index (κ3) is 3.53. The second kappa shape index (κ2) is 8.89. The first-order valence-corrected chi connectivity index (χ1v) is 13.6. The molecule has 2 aromatic carbocycles. The van der Waals surface area contributed by atoms with Gasteiger partial charge in [0.1, 0.15) is 5.82 Å². The van der Waals surface area contributed by atoms with Crippen molar-refractivity contribution in [3.8, 4) is 11.5 Å². The maximum atomic E-state index is 14.3. The first-order chi connectivity index (χ1) is 18.5. The van der Waals surface area contributed by atoms with Gasteiger partial charge in [-0.3, -0.25) is 24.5 Å². The van der Waals surface area contributed by atoms with Crippen molar-refractivity contribution in [3.05, 3.63) is 62.9 Å². The highest BCUT2D eigenvalue weighted by atomic mass is 79.9. The van der Waals surface area contributed by atoms with E-state index in [0.717, 1.165) is 16.5 Å². The number of fused-ring (bicyclic) bond motifs is 4. The molecule has 2 aliphatic carbocycles. The van der Waals surface area contributed by atoms with Crippen LogP contribution in [0.15, 0.2) is 46.5 Å². The van der Waals surface area contributed by atoms with Crippen molar-refractivity contribution in [2.45, 2.75) is 25.7 Å². The number of carbonyl (C=O) groups is 4. The van der Waals surface area contributed by atoms with E-state index in [-0.39, 0.29) is 41.0 Å². The lowest BCUT2D eigenvalue weighted by atomic mass is 9.51. The molecule has 2 N–H and O–H groups in total. The number of methoxy groups -OCH3 is 1. The van der Waals surface area contributed by atoms with Crippen LogP contribution in [0.25, 0.3) is 0 Å². The lowest BCUT2D eigenvalue weighted by molar-refractivity contribution is -0.131. The standard InChI is InChI=1S/C28H23BrClFN2O6/c1-28-17(26(37)33(27(28)38)12-3-6-19(31)18(30)9-12)10-15-13(4-5-14-21(15)25(36)32-24(14)35)22(28)16-7-11(29)8-20(39-2)23(16)34/h3-4,6-9,14-15,17,21-22,34H,5,10H2,1-2H3,(H,32,35,36). The van der Waals surface area contributed by atoms with Crippen LogP contribution in [0.1, 0.15) is 31.2 Å². The van der Waals surface area contributed by atoms with Crippen LogP contribution in [0.3, 0.4) is 0 Å². The molecule has 4 amide bonds. The molecule has 2 saturated heterocycles. The van der Waals surface area contributed by atoms with Crippen LogP contribution in [-0.2, 0) is 19.2 Å². The minimum absolute atomic E-state index is 0.130. The molecule has 6 unspecified atom stereocenters. The number of aromatic hydroxyl groups is 1. The quantitative estimate of drug-likeness (QED) is 0.388. The van der Waals surface area contributed by atoms with Gasteiger partial charge in [-0.1, -0.05) is 39.2 Å². The number of nitrogens with zero attached hydrogens (tertiary/aromatic N) is 1. The van der Waals surface area contributed by atoms with Crippen LogP contribution in [0.5, 0.6) is 11.5 Å². The number of hydrogen-bond donors (Lipinski definition) is 2.